The largest absolute Gasteiger partial charge is 0.451 e. The van der Waals surface area contributed by atoms with Gasteiger partial charge in [0.25, 0.3) is 5.91 Å². The van der Waals surface area contributed by atoms with Gasteiger partial charge in [-0.2, -0.15) is 0 Å². The second-order valence-corrected chi connectivity index (χ2v) is 6.14. The molecular weight excluding hydrogens is 278 g/mol. The number of carbonyl (C=O) groups is 1. The van der Waals surface area contributed by atoms with E-state index < -0.39 is 0 Å². The summed E-state index contributed by atoms with van der Waals surface area (Å²) in [4.78, 5) is 14.7. The Morgan fingerprint density at radius 2 is 2.09 bits per heavy atom. The first-order valence-electron chi connectivity index (χ1n) is 7.68. The highest BCUT2D eigenvalue weighted by Gasteiger charge is 2.38. The van der Waals surface area contributed by atoms with Crippen molar-refractivity contribution in [3.8, 4) is 11.3 Å². The summed E-state index contributed by atoms with van der Waals surface area (Å²) in [6.07, 6.45) is 1.18. The van der Waals surface area contributed by atoms with Gasteiger partial charge in [-0.3, -0.25) is 4.79 Å². The first kappa shape index (κ1) is 13.4. The normalized spacial score (nSPS) is 26.3. The van der Waals surface area contributed by atoms with Gasteiger partial charge in [-0.1, -0.05) is 12.1 Å². The molecule has 2 aromatic rings. The average Bonchev–Trinajstić information content (AvgIpc) is 3.24. The van der Waals surface area contributed by atoms with Crippen LogP contribution in [0.3, 0.4) is 0 Å². The third-order valence-corrected chi connectivity index (χ3v) is 4.71. The van der Waals surface area contributed by atoms with Crippen molar-refractivity contribution in [1.29, 1.82) is 0 Å². The van der Waals surface area contributed by atoms with Crippen LogP contribution in [0.15, 0.2) is 40.8 Å². The number of para-hydroxylation sites is 1. The topological polar surface area (TPSA) is 71.5 Å². The Kier molecular flexibility index (Phi) is 3.15. The van der Waals surface area contributed by atoms with Crippen LogP contribution in [0.5, 0.6) is 0 Å². The maximum absolute atomic E-state index is 12.4. The van der Waals surface area contributed by atoms with Gasteiger partial charge in [0.2, 0.25) is 0 Å². The molecule has 2 saturated heterocycles. The molecular formula is C17H19N3O2. The molecule has 4 rings (SSSR count). The molecule has 2 fully saturated rings. The predicted octanol–water partition coefficient (Wildman–Crippen LogP) is 1.96. The van der Waals surface area contributed by atoms with Crippen molar-refractivity contribution in [1.82, 2.24) is 10.2 Å². The Morgan fingerprint density at radius 1 is 1.23 bits per heavy atom. The summed E-state index contributed by atoms with van der Waals surface area (Å²) in [6.45, 7) is 3.22. The van der Waals surface area contributed by atoms with Gasteiger partial charge in [-0.15, -0.1) is 0 Å². The lowest BCUT2D eigenvalue weighted by molar-refractivity contribution is 0.0897. The Bertz CT molecular complexity index is 709. The average molecular weight is 297 g/mol. The fourth-order valence-electron chi connectivity index (χ4n) is 3.51. The smallest absolute Gasteiger partial charge is 0.287 e. The molecule has 0 radical (unpaired) electrons. The van der Waals surface area contributed by atoms with Crippen LogP contribution in [0.1, 0.15) is 17.0 Å². The van der Waals surface area contributed by atoms with Crippen LogP contribution >= 0.6 is 0 Å². The number of fused-ring (bicyclic) bond motifs is 2. The molecule has 1 amide bonds. The van der Waals surface area contributed by atoms with Gasteiger partial charge in [0, 0.05) is 30.4 Å². The summed E-state index contributed by atoms with van der Waals surface area (Å²) in [5.41, 5.74) is 7.40. The fraction of sp³-hybridized carbons (Fsp3) is 0.353. The van der Waals surface area contributed by atoms with Crippen LogP contribution in [0.4, 0.5) is 5.69 Å². The van der Waals surface area contributed by atoms with Gasteiger partial charge < -0.3 is 20.4 Å². The van der Waals surface area contributed by atoms with E-state index in [0.29, 0.717) is 23.1 Å². The Morgan fingerprint density at radius 3 is 2.82 bits per heavy atom. The lowest BCUT2D eigenvalue weighted by atomic mass is 10.00. The van der Waals surface area contributed by atoms with Crippen molar-refractivity contribution in [3.63, 3.8) is 0 Å². The van der Waals surface area contributed by atoms with Crippen LogP contribution in [0.2, 0.25) is 0 Å². The van der Waals surface area contributed by atoms with E-state index in [2.05, 4.69) is 10.2 Å². The molecule has 3 heterocycles. The molecule has 2 aliphatic heterocycles. The van der Waals surface area contributed by atoms with E-state index in [1.165, 1.54) is 6.42 Å². The molecule has 114 valence electrons. The minimum absolute atomic E-state index is 0.139. The molecule has 5 heteroatoms. The van der Waals surface area contributed by atoms with Crippen molar-refractivity contribution in [2.24, 2.45) is 5.92 Å². The molecule has 2 bridgehead atoms. The van der Waals surface area contributed by atoms with Crippen molar-refractivity contribution >= 4 is 11.6 Å². The van der Waals surface area contributed by atoms with Crippen molar-refractivity contribution < 1.29 is 9.21 Å². The SMILES string of the molecule is Nc1ccccc1-c1ccc(C(=O)N[C@H]2CN3CC[C@@H]2C3)o1. The van der Waals surface area contributed by atoms with Gasteiger partial charge in [-0.05, 0) is 43.1 Å². The number of piperidine rings is 1. The number of anilines is 1. The number of hydrogen-bond donors (Lipinski definition) is 2. The summed E-state index contributed by atoms with van der Waals surface area (Å²) in [6, 6.07) is 11.2. The summed E-state index contributed by atoms with van der Waals surface area (Å²) in [7, 11) is 0. The number of nitrogen functional groups attached to an aromatic ring is 1. The number of rotatable bonds is 3. The van der Waals surface area contributed by atoms with Crippen molar-refractivity contribution in [3.05, 3.63) is 42.2 Å². The van der Waals surface area contributed by atoms with Crippen LogP contribution in [0.25, 0.3) is 11.3 Å². The molecule has 2 aliphatic rings. The van der Waals surface area contributed by atoms with E-state index in [4.69, 9.17) is 10.2 Å². The van der Waals surface area contributed by atoms with Gasteiger partial charge in [0.05, 0.1) is 0 Å². The van der Waals surface area contributed by atoms with E-state index in [0.717, 1.165) is 25.2 Å². The van der Waals surface area contributed by atoms with Crippen LogP contribution in [0, 0.1) is 5.92 Å². The lowest BCUT2D eigenvalue weighted by Gasteiger charge is -2.22. The Balaban J connectivity index is 1.49. The molecule has 3 atom stereocenters. The number of nitrogens with one attached hydrogen (secondary N) is 1. The number of furan rings is 1. The minimum atomic E-state index is -0.139. The summed E-state index contributed by atoms with van der Waals surface area (Å²) in [5.74, 6) is 1.42. The standard InChI is InChI=1S/C17H19N3O2/c18-13-4-2-1-3-12(13)15-5-6-16(22-15)17(21)19-14-10-20-8-7-11(14)9-20/h1-6,11,14H,7-10,18H2,(H,19,21)/t11-,14+/m1/s1. The number of amides is 1. The minimum Gasteiger partial charge on any atom is -0.451 e. The van der Waals surface area contributed by atoms with Gasteiger partial charge >= 0.3 is 0 Å². The van der Waals surface area contributed by atoms with E-state index in [1.54, 1.807) is 12.1 Å². The molecule has 22 heavy (non-hydrogen) atoms. The van der Waals surface area contributed by atoms with Crippen LogP contribution < -0.4 is 11.1 Å². The number of hydrogen-bond acceptors (Lipinski definition) is 4. The van der Waals surface area contributed by atoms with Gasteiger partial charge in [0.15, 0.2) is 5.76 Å². The highest BCUT2D eigenvalue weighted by Crippen LogP contribution is 2.29. The third-order valence-electron chi connectivity index (χ3n) is 4.71. The molecule has 0 saturated carbocycles. The first-order chi connectivity index (χ1) is 10.7. The van der Waals surface area contributed by atoms with Crippen LogP contribution in [-0.2, 0) is 0 Å². The lowest BCUT2D eigenvalue weighted by Crippen LogP contribution is -2.43. The molecule has 1 aromatic carbocycles. The molecule has 1 aromatic heterocycles. The molecule has 5 nitrogen and oxygen atoms in total. The maximum atomic E-state index is 12.4. The second kappa shape index (κ2) is 5.18. The fourth-order valence-corrected chi connectivity index (χ4v) is 3.51. The predicted molar refractivity (Wildman–Crippen MR) is 84.4 cm³/mol. The third kappa shape index (κ3) is 2.27. The van der Waals surface area contributed by atoms with E-state index in [9.17, 15) is 4.79 Å². The molecule has 0 spiro atoms. The van der Waals surface area contributed by atoms with Gasteiger partial charge in [-0.25, -0.2) is 0 Å². The molecule has 3 N–H and O–H groups in total. The van der Waals surface area contributed by atoms with Crippen molar-refractivity contribution in [2.75, 3.05) is 25.4 Å². The molecule has 1 unspecified atom stereocenters. The number of nitrogens with zero attached hydrogens (tertiary/aromatic N) is 1. The van der Waals surface area contributed by atoms with Gasteiger partial charge in [0.1, 0.15) is 5.76 Å². The Hall–Kier alpha value is -2.27. The number of carbonyl (C=O) groups excluding carboxylic acids is 1. The second-order valence-electron chi connectivity index (χ2n) is 6.14. The van der Waals surface area contributed by atoms with E-state index >= 15 is 0 Å². The summed E-state index contributed by atoms with van der Waals surface area (Å²) in [5, 5.41) is 3.10. The first-order valence-corrected chi connectivity index (χ1v) is 7.68. The zero-order valence-corrected chi connectivity index (χ0v) is 12.3. The van der Waals surface area contributed by atoms with E-state index in [1.807, 2.05) is 24.3 Å². The monoisotopic (exact) mass is 297 g/mol. The zero-order valence-electron chi connectivity index (χ0n) is 12.3. The highest BCUT2D eigenvalue weighted by molar-refractivity contribution is 5.92. The van der Waals surface area contributed by atoms with Crippen molar-refractivity contribution in [2.45, 2.75) is 12.5 Å². The number of benzene rings is 1. The maximum Gasteiger partial charge on any atom is 0.287 e. The van der Waals surface area contributed by atoms with Crippen LogP contribution in [-0.4, -0.2) is 36.5 Å². The Labute approximate surface area is 129 Å². The quantitative estimate of drug-likeness (QED) is 0.850. The number of nitrogens with two attached hydrogens (primary N) is 1. The zero-order chi connectivity index (χ0) is 15.1. The van der Waals surface area contributed by atoms with E-state index in [-0.39, 0.29) is 11.9 Å². The highest BCUT2D eigenvalue weighted by atomic mass is 16.3. The summed E-state index contributed by atoms with van der Waals surface area (Å²) < 4.78 is 5.70. The molecule has 0 aliphatic carbocycles. The summed E-state index contributed by atoms with van der Waals surface area (Å²) >= 11 is 0.